The van der Waals surface area contributed by atoms with Gasteiger partial charge in [0.2, 0.25) is 0 Å². The Kier molecular flexibility index (Phi) is 5.47. The van der Waals surface area contributed by atoms with Crippen LogP contribution in [-0.2, 0) is 17.4 Å². The molecule has 0 amide bonds. The molecule has 1 heterocycles. The zero-order valence-electron chi connectivity index (χ0n) is 12.0. The van der Waals surface area contributed by atoms with Crippen molar-refractivity contribution in [1.82, 2.24) is 9.71 Å². The summed E-state index contributed by atoms with van der Waals surface area (Å²) in [5, 5.41) is 0. The predicted octanol–water partition coefficient (Wildman–Crippen LogP) is 3.15. The third-order valence-corrected chi connectivity index (χ3v) is 4.37. The van der Waals surface area contributed by atoms with Gasteiger partial charge in [0, 0.05) is 17.9 Å². The Hall–Kier alpha value is -0.740. The van der Waals surface area contributed by atoms with E-state index in [1.54, 1.807) is 0 Å². The van der Waals surface area contributed by atoms with Gasteiger partial charge in [-0.1, -0.05) is 19.4 Å². The molecule has 0 bridgehead atoms. The van der Waals surface area contributed by atoms with Gasteiger partial charge < -0.3 is 0 Å². The quantitative estimate of drug-likeness (QED) is 0.891. The van der Waals surface area contributed by atoms with Crippen LogP contribution in [0.2, 0.25) is 0 Å². The molecule has 0 aromatic carbocycles. The van der Waals surface area contributed by atoms with Crippen molar-refractivity contribution in [1.29, 1.82) is 0 Å². The van der Waals surface area contributed by atoms with Gasteiger partial charge in [-0.15, -0.1) is 0 Å². The fourth-order valence-electron chi connectivity index (χ4n) is 1.50. The van der Waals surface area contributed by atoms with Crippen molar-refractivity contribution in [3.8, 4) is 0 Å². The lowest BCUT2D eigenvalue weighted by molar-refractivity contribution is 0.615. The maximum Gasteiger partial charge on any atom is 0.0975 e. The van der Waals surface area contributed by atoms with Crippen LogP contribution in [0.1, 0.15) is 58.3 Å². The zero-order chi connectivity index (χ0) is 13.8. The molecule has 0 radical (unpaired) electrons. The fraction of sp³-hybridized carbons (Fsp3) is 0.643. The molecular weight excluding hydrogens is 244 g/mol. The summed E-state index contributed by atoms with van der Waals surface area (Å²) < 4.78 is 14.9. The Morgan fingerprint density at radius 3 is 2.50 bits per heavy atom. The third kappa shape index (κ3) is 4.50. The van der Waals surface area contributed by atoms with E-state index in [1.807, 2.05) is 33.9 Å². The summed E-state index contributed by atoms with van der Waals surface area (Å²) in [6, 6.07) is 4.17. The van der Waals surface area contributed by atoms with E-state index in [2.05, 4.69) is 28.8 Å². The number of rotatable bonds is 5. The van der Waals surface area contributed by atoms with Crippen LogP contribution in [0.25, 0.3) is 0 Å². The Balaban J connectivity index is 2.67. The van der Waals surface area contributed by atoms with Crippen molar-refractivity contribution < 1.29 is 4.21 Å². The van der Waals surface area contributed by atoms with Crippen molar-refractivity contribution in [2.24, 2.45) is 0 Å². The molecule has 0 fully saturated rings. The lowest BCUT2D eigenvalue weighted by Crippen LogP contribution is -2.34. The molecule has 3 nitrogen and oxygen atoms in total. The van der Waals surface area contributed by atoms with E-state index >= 15 is 0 Å². The monoisotopic (exact) mass is 268 g/mol. The molecular formula is C14H24N2OS. The number of nitrogens with zero attached hydrogens (tertiary/aromatic N) is 1. The first-order chi connectivity index (χ1) is 8.34. The molecule has 0 saturated carbocycles. The number of hydrogen-bond acceptors (Lipinski definition) is 2. The van der Waals surface area contributed by atoms with Gasteiger partial charge in [-0.2, -0.15) is 0 Å². The van der Waals surface area contributed by atoms with Crippen LogP contribution in [0.15, 0.2) is 18.3 Å². The molecule has 1 rings (SSSR count). The molecule has 102 valence electrons. The Morgan fingerprint density at radius 2 is 2.06 bits per heavy atom. The lowest BCUT2D eigenvalue weighted by Gasteiger charge is -2.22. The third-order valence-electron chi connectivity index (χ3n) is 2.69. The molecule has 0 aliphatic heterocycles. The molecule has 4 heteroatoms. The van der Waals surface area contributed by atoms with Gasteiger partial charge in [-0.25, -0.2) is 8.93 Å². The average molecular weight is 268 g/mol. The molecule has 1 aromatic rings. The van der Waals surface area contributed by atoms with E-state index < -0.39 is 11.0 Å². The fourth-order valence-corrected chi connectivity index (χ4v) is 2.31. The van der Waals surface area contributed by atoms with Crippen LogP contribution in [0.3, 0.4) is 0 Å². The normalized spacial score (nSPS) is 15.4. The molecule has 0 aliphatic carbocycles. The smallest absolute Gasteiger partial charge is 0.0975 e. The van der Waals surface area contributed by atoms with Crippen molar-refractivity contribution >= 4 is 11.0 Å². The molecule has 0 aliphatic rings. The van der Waals surface area contributed by atoms with Gasteiger partial charge >= 0.3 is 0 Å². The molecule has 1 unspecified atom stereocenters. The summed E-state index contributed by atoms with van der Waals surface area (Å²) in [5.41, 5.74) is 2.19. The predicted molar refractivity (Wildman–Crippen MR) is 77.7 cm³/mol. The number of aryl methyl sites for hydroxylation is 1. The van der Waals surface area contributed by atoms with Crippen LogP contribution in [0, 0.1) is 0 Å². The zero-order valence-corrected chi connectivity index (χ0v) is 12.8. The van der Waals surface area contributed by atoms with Crippen molar-refractivity contribution in [2.45, 2.75) is 58.2 Å². The summed E-state index contributed by atoms with van der Waals surface area (Å²) in [7, 11) is -1.05. The minimum atomic E-state index is -1.05. The van der Waals surface area contributed by atoms with Crippen LogP contribution in [0.5, 0.6) is 0 Å². The molecule has 0 saturated heterocycles. The lowest BCUT2D eigenvalue weighted by atomic mass is 10.1. The van der Waals surface area contributed by atoms with Crippen LogP contribution < -0.4 is 4.72 Å². The van der Waals surface area contributed by atoms with Crippen LogP contribution >= 0.6 is 0 Å². The standard InChI is InChI=1S/C14H24N2OS/c1-6-7-13-9-8-12(10-15-13)11(2)16-18(17)14(3,4)5/h8-11,16H,6-7H2,1-5H3/t11-,18?/m1/s1. The van der Waals surface area contributed by atoms with Crippen LogP contribution in [0.4, 0.5) is 0 Å². The van der Waals surface area contributed by atoms with Gasteiger partial charge in [0.15, 0.2) is 0 Å². The molecule has 0 spiro atoms. The van der Waals surface area contributed by atoms with Gasteiger partial charge in [0.05, 0.1) is 15.7 Å². The maximum absolute atomic E-state index is 12.0. The van der Waals surface area contributed by atoms with E-state index in [0.717, 1.165) is 24.1 Å². The molecule has 1 N–H and O–H groups in total. The second-order valence-electron chi connectivity index (χ2n) is 5.55. The second-order valence-corrected chi connectivity index (χ2v) is 7.55. The van der Waals surface area contributed by atoms with Gasteiger partial charge in [-0.3, -0.25) is 4.98 Å². The maximum atomic E-state index is 12.0. The van der Waals surface area contributed by atoms with E-state index in [1.165, 1.54) is 0 Å². The highest BCUT2D eigenvalue weighted by molar-refractivity contribution is 7.84. The summed E-state index contributed by atoms with van der Waals surface area (Å²) in [4.78, 5) is 4.42. The first kappa shape index (κ1) is 15.3. The van der Waals surface area contributed by atoms with Crippen LogP contribution in [-0.4, -0.2) is 13.9 Å². The minimum absolute atomic E-state index is 0.0493. The van der Waals surface area contributed by atoms with E-state index in [0.29, 0.717) is 0 Å². The summed E-state index contributed by atoms with van der Waals surface area (Å²) >= 11 is 0. The number of nitrogens with one attached hydrogen (secondary N) is 1. The second kappa shape index (κ2) is 6.43. The van der Waals surface area contributed by atoms with Crippen molar-refractivity contribution in [3.05, 3.63) is 29.6 Å². The van der Waals surface area contributed by atoms with Gasteiger partial charge in [0.1, 0.15) is 0 Å². The molecule has 18 heavy (non-hydrogen) atoms. The summed E-state index contributed by atoms with van der Waals surface area (Å²) in [6.07, 6.45) is 3.99. The molecule has 1 aromatic heterocycles. The first-order valence-electron chi connectivity index (χ1n) is 6.47. The average Bonchev–Trinajstić information content (AvgIpc) is 2.29. The highest BCUT2D eigenvalue weighted by Gasteiger charge is 2.21. The Morgan fingerprint density at radius 1 is 1.39 bits per heavy atom. The largest absolute Gasteiger partial charge is 0.261 e. The highest BCUT2D eigenvalue weighted by Crippen LogP contribution is 2.16. The van der Waals surface area contributed by atoms with E-state index in [-0.39, 0.29) is 10.8 Å². The van der Waals surface area contributed by atoms with E-state index in [4.69, 9.17) is 0 Å². The van der Waals surface area contributed by atoms with Gasteiger partial charge in [-0.05, 0) is 45.7 Å². The summed E-state index contributed by atoms with van der Waals surface area (Å²) in [6.45, 7) is 10.1. The SMILES string of the molecule is CCCc1ccc([C@@H](C)NS(=O)C(C)(C)C)cn1. The Bertz CT molecular complexity index is 395. The number of aromatic nitrogens is 1. The molecule has 2 atom stereocenters. The van der Waals surface area contributed by atoms with Crippen molar-refractivity contribution in [3.63, 3.8) is 0 Å². The van der Waals surface area contributed by atoms with E-state index in [9.17, 15) is 4.21 Å². The van der Waals surface area contributed by atoms with Crippen molar-refractivity contribution in [2.75, 3.05) is 0 Å². The minimum Gasteiger partial charge on any atom is -0.261 e. The summed E-state index contributed by atoms with van der Waals surface area (Å²) in [5.74, 6) is 0. The highest BCUT2D eigenvalue weighted by atomic mass is 32.2. The number of hydrogen-bond donors (Lipinski definition) is 1. The first-order valence-corrected chi connectivity index (χ1v) is 7.62. The van der Waals surface area contributed by atoms with Gasteiger partial charge in [0.25, 0.3) is 0 Å². The number of pyridine rings is 1. The Labute approximate surface area is 113 Å². The topological polar surface area (TPSA) is 42.0 Å².